The monoisotopic (exact) mass is 374 g/mol. The summed E-state index contributed by atoms with van der Waals surface area (Å²) in [6.45, 7) is 5.91. The first kappa shape index (κ1) is 18.0. The van der Waals surface area contributed by atoms with Gasteiger partial charge in [0.25, 0.3) is 11.1 Å². The number of ether oxygens (including phenoxy) is 1. The van der Waals surface area contributed by atoms with Gasteiger partial charge in [0.2, 0.25) is 11.8 Å². The van der Waals surface area contributed by atoms with E-state index >= 15 is 0 Å². The van der Waals surface area contributed by atoms with Crippen LogP contribution >= 0.6 is 11.8 Å². The maximum Gasteiger partial charge on any atom is 0.277 e. The fourth-order valence-electron chi connectivity index (χ4n) is 2.08. The molecule has 0 spiro atoms. The van der Waals surface area contributed by atoms with E-state index in [9.17, 15) is 4.79 Å². The summed E-state index contributed by atoms with van der Waals surface area (Å²) in [5.74, 6) is 1.29. The molecular formula is C17H18N4O4S. The molecule has 0 bridgehead atoms. The van der Waals surface area contributed by atoms with Gasteiger partial charge in [-0.15, -0.1) is 10.2 Å². The van der Waals surface area contributed by atoms with Gasteiger partial charge in [0.15, 0.2) is 6.61 Å². The summed E-state index contributed by atoms with van der Waals surface area (Å²) in [6, 6.07) is 7.61. The zero-order valence-electron chi connectivity index (χ0n) is 14.6. The Labute approximate surface area is 154 Å². The normalized spacial score (nSPS) is 10.7. The van der Waals surface area contributed by atoms with Crippen LogP contribution in [-0.2, 0) is 11.4 Å². The predicted molar refractivity (Wildman–Crippen MR) is 95.1 cm³/mol. The number of nitrogens with zero attached hydrogens (tertiary/aromatic N) is 3. The second-order valence-corrected chi connectivity index (χ2v) is 6.62. The summed E-state index contributed by atoms with van der Waals surface area (Å²) in [4.78, 5) is 11.8. The van der Waals surface area contributed by atoms with Crippen molar-refractivity contribution >= 4 is 23.6 Å². The topological polar surface area (TPSA) is 103 Å². The van der Waals surface area contributed by atoms with Crippen LogP contribution in [0.5, 0.6) is 5.75 Å². The largest absolute Gasteiger partial charge is 0.484 e. The van der Waals surface area contributed by atoms with Gasteiger partial charge in [-0.25, -0.2) is 0 Å². The number of carbonyl (C=O) groups excluding carboxylic acids is 1. The van der Waals surface area contributed by atoms with Crippen LogP contribution in [0.15, 0.2) is 38.4 Å². The zero-order chi connectivity index (χ0) is 18.5. The van der Waals surface area contributed by atoms with Crippen molar-refractivity contribution in [2.24, 2.45) is 0 Å². The molecule has 1 N–H and O–H groups in total. The number of anilines is 1. The van der Waals surface area contributed by atoms with E-state index in [4.69, 9.17) is 13.7 Å². The Morgan fingerprint density at radius 1 is 1.23 bits per heavy atom. The third kappa shape index (κ3) is 4.85. The van der Waals surface area contributed by atoms with Crippen molar-refractivity contribution in [1.29, 1.82) is 0 Å². The molecule has 9 heteroatoms. The molecule has 8 nitrogen and oxygen atoms in total. The zero-order valence-corrected chi connectivity index (χ0v) is 15.4. The Kier molecular flexibility index (Phi) is 5.57. The average molecular weight is 374 g/mol. The van der Waals surface area contributed by atoms with Crippen LogP contribution in [0.4, 0.5) is 5.88 Å². The maximum absolute atomic E-state index is 11.8. The minimum atomic E-state index is -0.252. The van der Waals surface area contributed by atoms with Crippen LogP contribution in [0.1, 0.15) is 22.7 Å². The van der Waals surface area contributed by atoms with Crippen LogP contribution in [-0.4, -0.2) is 27.0 Å². The molecule has 1 aromatic carbocycles. The molecule has 0 saturated heterocycles. The number of rotatable bonds is 7. The quantitative estimate of drug-likeness (QED) is 0.628. The molecule has 0 aliphatic heterocycles. The number of aryl methyl sites for hydroxylation is 3. The van der Waals surface area contributed by atoms with Crippen molar-refractivity contribution in [3.8, 4) is 5.75 Å². The van der Waals surface area contributed by atoms with E-state index in [-0.39, 0.29) is 18.3 Å². The lowest BCUT2D eigenvalue weighted by atomic mass is 10.1. The van der Waals surface area contributed by atoms with Crippen molar-refractivity contribution in [3.05, 3.63) is 47.0 Å². The highest BCUT2D eigenvalue weighted by atomic mass is 32.2. The molecule has 1 amide bonds. The Balaban J connectivity index is 1.48. The van der Waals surface area contributed by atoms with Gasteiger partial charge >= 0.3 is 0 Å². The fourth-order valence-corrected chi connectivity index (χ4v) is 2.66. The average Bonchev–Trinajstić information content (AvgIpc) is 3.23. The third-order valence-corrected chi connectivity index (χ3v) is 4.18. The summed E-state index contributed by atoms with van der Waals surface area (Å²) in [6.07, 6.45) is 0. The Morgan fingerprint density at radius 3 is 2.85 bits per heavy atom. The smallest absolute Gasteiger partial charge is 0.277 e. The molecule has 2 aromatic heterocycles. The highest BCUT2D eigenvalue weighted by Crippen LogP contribution is 2.21. The summed E-state index contributed by atoms with van der Waals surface area (Å²) < 4.78 is 16.1. The number of carbonyl (C=O) groups is 1. The fraction of sp³-hybridized carbons (Fsp3) is 0.294. The predicted octanol–water partition coefficient (Wildman–Crippen LogP) is 3.29. The highest BCUT2D eigenvalue weighted by Gasteiger charge is 2.12. The van der Waals surface area contributed by atoms with Crippen LogP contribution in [0.3, 0.4) is 0 Å². The minimum Gasteiger partial charge on any atom is -0.484 e. The molecule has 2 heterocycles. The highest BCUT2D eigenvalue weighted by molar-refractivity contribution is 7.99. The van der Waals surface area contributed by atoms with E-state index in [0.717, 1.165) is 28.6 Å². The van der Waals surface area contributed by atoms with Crippen LogP contribution in [0.2, 0.25) is 0 Å². The van der Waals surface area contributed by atoms with Gasteiger partial charge in [0, 0.05) is 6.07 Å². The molecule has 0 saturated carbocycles. The molecule has 0 unspecified atom stereocenters. The lowest BCUT2D eigenvalue weighted by Crippen LogP contribution is -2.13. The number of aromatic nitrogens is 3. The van der Waals surface area contributed by atoms with Gasteiger partial charge in [-0.05, 0) is 38.0 Å². The van der Waals surface area contributed by atoms with Crippen LogP contribution in [0, 0.1) is 20.8 Å². The molecule has 0 fully saturated rings. The Morgan fingerprint density at radius 2 is 2.08 bits per heavy atom. The summed E-state index contributed by atoms with van der Waals surface area (Å²) in [7, 11) is 0. The second-order valence-electron chi connectivity index (χ2n) is 5.69. The van der Waals surface area contributed by atoms with Gasteiger partial charge in [-0.3, -0.25) is 10.1 Å². The minimum absolute atomic E-state index is 0.110. The van der Waals surface area contributed by atoms with E-state index < -0.39 is 0 Å². The molecule has 0 radical (unpaired) electrons. The van der Waals surface area contributed by atoms with E-state index in [1.54, 1.807) is 13.0 Å². The SMILES string of the molecule is Cc1ccc(C)c(OCc2nnc(SCC(=O)Nc3cc(C)no3)o2)c1. The number of benzene rings is 1. The number of thioether (sulfide) groups is 1. The number of amides is 1. The summed E-state index contributed by atoms with van der Waals surface area (Å²) in [5.41, 5.74) is 2.84. The Hall–Kier alpha value is -2.81. The first-order valence-electron chi connectivity index (χ1n) is 7.88. The molecule has 0 aliphatic rings. The maximum atomic E-state index is 11.8. The third-order valence-electron chi connectivity index (χ3n) is 3.36. The lowest BCUT2D eigenvalue weighted by Gasteiger charge is -2.07. The number of hydrogen-bond donors (Lipinski definition) is 1. The van der Waals surface area contributed by atoms with E-state index in [1.165, 1.54) is 0 Å². The molecular weight excluding hydrogens is 356 g/mol. The standard InChI is InChI=1S/C17H18N4O4S/c1-10-4-5-11(2)13(6-10)23-8-16-19-20-17(24-16)26-9-14(22)18-15-7-12(3)21-25-15/h4-7H,8-9H2,1-3H3,(H,18,22). The van der Waals surface area contributed by atoms with Crippen molar-refractivity contribution in [2.45, 2.75) is 32.6 Å². The van der Waals surface area contributed by atoms with Gasteiger partial charge in [0.1, 0.15) is 5.75 Å². The first-order chi connectivity index (χ1) is 12.5. The number of nitrogens with one attached hydrogen (secondary N) is 1. The van der Waals surface area contributed by atoms with Crippen molar-refractivity contribution in [3.63, 3.8) is 0 Å². The van der Waals surface area contributed by atoms with Gasteiger partial charge < -0.3 is 13.7 Å². The Bertz CT molecular complexity index is 906. The van der Waals surface area contributed by atoms with Crippen molar-refractivity contribution in [1.82, 2.24) is 15.4 Å². The van der Waals surface area contributed by atoms with Crippen LogP contribution in [0.25, 0.3) is 0 Å². The van der Waals surface area contributed by atoms with E-state index in [1.807, 2.05) is 32.0 Å². The van der Waals surface area contributed by atoms with E-state index in [2.05, 4.69) is 20.7 Å². The molecule has 26 heavy (non-hydrogen) atoms. The molecule has 136 valence electrons. The lowest BCUT2D eigenvalue weighted by molar-refractivity contribution is -0.113. The molecule has 0 aliphatic carbocycles. The van der Waals surface area contributed by atoms with E-state index in [0.29, 0.717) is 22.7 Å². The van der Waals surface area contributed by atoms with Crippen molar-refractivity contribution < 1.29 is 18.5 Å². The second kappa shape index (κ2) is 8.05. The molecule has 3 rings (SSSR count). The van der Waals surface area contributed by atoms with Crippen LogP contribution < -0.4 is 10.1 Å². The van der Waals surface area contributed by atoms with Gasteiger partial charge in [-0.1, -0.05) is 29.1 Å². The van der Waals surface area contributed by atoms with Gasteiger partial charge in [0.05, 0.1) is 11.4 Å². The summed E-state index contributed by atoms with van der Waals surface area (Å²) in [5, 5.41) is 14.4. The first-order valence-corrected chi connectivity index (χ1v) is 8.86. The molecule has 0 atom stereocenters. The summed E-state index contributed by atoms with van der Waals surface area (Å²) >= 11 is 1.13. The van der Waals surface area contributed by atoms with Gasteiger partial charge in [-0.2, -0.15) is 0 Å². The molecule has 3 aromatic rings. The van der Waals surface area contributed by atoms with Crippen molar-refractivity contribution in [2.75, 3.05) is 11.1 Å². The number of hydrogen-bond acceptors (Lipinski definition) is 8.